The molecule has 1 heterocycles. The molecule has 1 aliphatic rings. The summed E-state index contributed by atoms with van der Waals surface area (Å²) in [5.74, 6) is -3.45. The van der Waals surface area contributed by atoms with Crippen LogP contribution in [-0.2, 0) is 19.6 Å². The van der Waals surface area contributed by atoms with Gasteiger partial charge in [0.1, 0.15) is 12.2 Å². The lowest BCUT2D eigenvalue weighted by Gasteiger charge is -2.21. The summed E-state index contributed by atoms with van der Waals surface area (Å²) >= 11 is 0. The van der Waals surface area contributed by atoms with Crippen molar-refractivity contribution in [1.29, 1.82) is 0 Å². The van der Waals surface area contributed by atoms with E-state index in [2.05, 4.69) is 4.74 Å². The first-order valence-corrected chi connectivity index (χ1v) is 7.40. The molecule has 1 aromatic rings. The molecular weight excluding hydrogens is 311 g/mol. The van der Waals surface area contributed by atoms with Crippen LogP contribution in [0.15, 0.2) is 23.1 Å². The first kappa shape index (κ1) is 15.8. The van der Waals surface area contributed by atoms with Crippen molar-refractivity contribution in [3.8, 4) is 0 Å². The van der Waals surface area contributed by atoms with E-state index in [9.17, 15) is 26.4 Å². The van der Waals surface area contributed by atoms with Crippen molar-refractivity contribution in [1.82, 2.24) is 4.31 Å². The summed E-state index contributed by atoms with van der Waals surface area (Å²) in [7, 11) is -3.28. The van der Waals surface area contributed by atoms with Gasteiger partial charge in [0.2, 0.25) is 10.0 Å². The standard InChI is InChI=1S/C12H12F3NO4S/c1-20-12(17)11-4-7(13)6-16(11)21(18,19)8-2-3-9(14)10(15)5-8/h2-3,5,7,11H,4,6H2,1H3. The number of hydrogen-bond donors (Lipinski definition) is 0. The molecule has 5 nitrogen and oxygen atoms in total. The fourth-order valence-electron chi connectivity index (χ4n) is 2.15. The van der Waals surface area contributed by atoms with E-state index in [1.807, 2.05) is 0 Å². The number of rotatable bonds is 3. The van der Waals surface area contributed by atoms with Crippen LogP contribution < -0.4 is 0 Å². The van der Waals surface area contributed by atoms with Crippen LogP contribution in [0.5, 0.6) is 0 Å². The second kappa shape index (κ2) is 5.64. The number of carbonyl (C=O) groups is 1. The van der Waals surface area contributed by atoms with Gasteiger partial charge in [-0.3, -0.25) is 4.79 Å². The van der Waals surface area contributed by atoms with E-state index in [0.717, 1.165) is 13.2 Å². The van der Waals surface area contributed by atoms with Gasteiger partial charge in [0.05, 0.1) is 12.0 Å². The third-order valence-electron chi connectivity index (χ3n) is 3.18. The highest BCUT2D eigenvalue weighted by Crippen LogP contribution is 2.29. The van der Waals surface area contributed by atoms with Gasteiger partial charge in [0.15, 0.2) is 11.6 Å². The number of benzene rings is 1. The molecule has 0 spiro atoms. The molecule has 0 bridgehead atoms. The Bertz CT molecular complexity index is 664. The lowest BCUT2D eigenvalue weighted by Crippen LogP contribution is -2.41. The molecule has 116 valence electrons. The predicted molar refractivity (Wildman–Crippen MR) is 65.6 cm³/mol. The van der Waals surface area contributed by atoms with Crippen molar-refractivity contribution in [3.63, 3.8) is 0 Å². The third-order valence-corrected chi connectivity index (χ3v) is 5.05. The molecule has 21 heavy (non-hydrogen) atoms. The minimum absolute atomic E-state index is 0.338. The number of sulfonamides is 1. The topological polar surface area (TPSA) is 63.7 Å². The van der Waals surface area contributed by atoms with Gasteiger partial charge in [-0.2, -0.15) is 4.31 Å². The first-order chi connectivity index (χ1) is 9.77. The Morgan fingerprint density at radius 3 is 2.57 bits per heavy atom. The van der Waals surface area contributed by atoms with Gasteiger partial charge in [-0.05, 0) is 18.2 Å². The van der Waals surface area contributed by atoms with Crippen molar-refractivity contribution in [3.05, 3.63) is 29.8 Å². The van der Waals surface area contributed by atoms with Crippen LogP contribution in [0.4, 0.5) is 13.2 Å². The fourth-order valence-corrected chi connectivity index (χ4v) is 3.77. The molecule has 0 amide bonds. The van der Waals surface area contributed by atoms with Crippen LogP contribution >= 0.6 is 0 Å². The maximum atomic E-state index is 13.5. The summed E-state index contributed by atoms with van der Waals surface area (Å²) in [6.07, 6.45) is -1.87. The SMILES string of the molecule is COC(=O)C1CC(F)CN1S(=O)(=O)c1ccc(F)c(F)c1. The Labute approximate surface area is 119 Å². The average Bonchev–Trinajstić information content (AvgIpc) is 2.83. The van der Waals surface area contributed by atoms with Gasteiger partial charge in [0.25, 0.3) is 0 Å². The molecule has 9 heteroatoms. The van der Waals surface area contributed by atoms with Crippen LogP contribution in [0.3, 0.4) is 0 Å². The monoisotopic (exact) mass is 323 g/mol. The lowest BCUT2D eigenvalue weighted by atomic mass is 10.2. The minimum Gasteiger partial charge on any atom is -0.468 e. The number of carbonyl (C=O) groups excluding carboxylic acids is 1. The second-order valence-corrected chi connectivity index (χ2v) is 6.41. The molecule has 0 N–H and O–H groups in total. The average molecular weight is 323 g/mol. The van der Waals surface area contributed by atoms with E-state index in [0.29, 0.717) is 16.4 Å². The number of nitrogens with zero attached hydrogens (tertiary/aromatic N) is 1. The van der Waals surface area contributed by atoms with Gasteiger partial charge in [-0.25, -0.2) is 21.6 Å². The van der Waals surface area contributed by atoms with Crippen LogP contribution in [0.25, 0.3) is 0 Å². The van der Waals surface area contributed by atoms with Crippen molar-refractivity contribution >= 4 is 16.0 Å². The summed E-state index contributed by atoms with van der Waals surface area (Å²) in [6, 6.07) is 0.680. The van der Waals surface area contributed by atoms with Crippen LogP contribution in [-0.4, -0.2) is 44.6 Å². The quantitative estimate of drug-likeness (QED) is 0.785. The molecule has 0 radical (unpaired) electrons. The molecule has 1 saturated heterocycles. The Morgan fingerprint density at radius 2 is 2.00 bits per heavy atom. The zero-order valence-corrected chi connectivity index (χ0v) is 11.7. The van der Waals surface area contributed by atoms with E-state index in [-0.39, 0.29) is 6.42 Å². The van der Waals surface area contributed by atoms with E-state index in [1.54, 1.807) is 0 Å². The summed E-state index contributed by atoms with van der Waals surface area (Å²) in [6.45, 7) is -0.541. The largest absolute Gasteiger partial charge is 0.468 e. The molecule has 2 unspecified atom stereocenters. The number of esters is 1. The zero-order valence-electron chi connectivity index (χ0n) is 10.9. The number of halogens is 3. The molecule has 2 rings (SSSR count). The molecular formula is C12H12F3NO4S. The van der Waals surface area contributed by atoms with Crippen molar-refractivity contribution < 1.29 is 31.1 Å². The van der Waals surface area contributed by atoms with Gasteiger partial charge in [-0.1, -0.05) is 0 Å². The van der Waals surface area contributed by atoms with Crippen LogP contribution in [0.2, 0.25) is 0 Å². The highest BCUT2D eigenvalue weighted by atomic mass is 32.2. The van der Waals surface area contributed by atoms with Crippen molar-refractivity contribution in [2.24, 2.45) is 0 Å². The van der Waals surface area contributed by atoms with Gasteiger partial charge >= 0.3 is 5.97 Å². The molecule has 0 saturated carbocycles. The zero-order chi connectivity index (χ0) is 15.8. The van der Waals surface area contributed by atoms with Crippen LogP contribution in [0, 0.1) is 11.6 Å². The van der Waals surface area contributed by atoms with Crippen molar-refractivity contribution in [2.45, 2.75) is 23.5 Å². The normalized spacial score (nSPS) is 23.2. The van der Waals surface area contributed by atoms with Crippen molar-refractivity contribution in [2.75, 3.05) is 13.7 Å². The van der Waals surface area contributed by atoms with Gasteiger partial charge in [0, 0.05) is 13.0 Å². The molecule has 0 aliphatic carbocycles. The Morgan fingerprint density at radius 1 is 1.33 bits per heavy atom. The maximum Gasteiger partial charge on any atom is 0.324 e. The third kappa shape index (κ3) is 2.88. The first-order valence-electron chi connectivity index (χ1n) is 5.96. The summed E-state index contributed by atoms with van der Waals surface area (Å²) in [4.78, 5) is 11.0. The highest BCUT2D eigenvalue weighted by Gasteiger charge is 2.45. The molecule has 1 aromatic carbocycles. The highest BCUT2D eigenvalue weighted by molar-refractivity contribution is 7.89. The summed E-state index contributed by atoms with van der Waals surface area (Å²) < 4.78 is 69.2. The fraction of sp³-hybridized carbons (Fsp3) is 0.417. The number of ether oxygens (including phenoxy) is 1. The predicted octanol–water partition coefficient (Wildman–Crippen LogP) is 1.24. The summed E-state index contributed by atoms with van der Waals surface area (Å²) in [5, 5.41) is 0. The number of alkyl halides is 1. The van der Waals surface area contributed by atoms with Gasteiger partial charge < -0.3 is 4.74 Å². The number of hydrogen-bond acceptors (Lipinski definition) is 4. The molecule has 0 aromatic heterocycles. The Hall–Kier alpha value is -1.61. The van der Waals surface area contributed by atoms with Gasteiger partial charge in [-0.15, -0.1) is 0 Å². The molecule has 1 aliphatic heterocycles. The lowest BCUT2D eigenvalue weighted by molar-refractivity contribution is -0.144. The second-order valence-electron chi connectivity index (χ2n) is 4.52. The van der Waals surface area contributed by atoms with E-state index >= 15 is 0 Å². The molecule has 2 atom stereocenters. The Kier molecular flexibility index (Phi) is 4.24. The Balaban J connectivity index is 2.41. The molecule has 1 fully saturated rings. The summed E-state index contributed by atoms with van der Waals surface area (Å²) in [5.41, 5.74) is 0. The van der Waals surface area contributed by atoms with E-state index in [4.69, 9.17) is 0 Å². The minimum atomic E-state index is -4.33. The number of methoxy groups -OCH3 is 1. The maximum absolute atomic E-state index is 13.5. The van der Waals surface area contributed by atoms with E-state index in [1.165, 1.54) is 0 Å². The van der Waals surface area contributed by atoms with Crippen LogP contribution in [0.1, 0.15) is 6.42 Å². The van der Waals surface area contributed by atoms with E-state index < -0.39 is 51.3 Å². The smallest absolute Gasteiger partial charge is 0.324 e.